The van der Waals surface area contributed by atoms with Crippen molar-refractivity contribution in [2.75, 3.05) is 13.1 Å². The van der Waals surface area contributed by atoms with E-state index < -0.39 is 0 Å². The van der Waals surface area contributed by atoms with Crippen LogP contribution in [0.2, 0.25) is 0 Å². The number of rotatable bonds is 2. The van der Waals surface area contributed by atoms with E-state index >= 15 is 0 Å². The molecule has 11 heavy (non-hydrogen) atoms. The molecular formula is C9H19NO. The SMILES string of the molecule is CCC1(CC)CNCC(C)O1. The van der Waals surface area contributed by atoms with Gasteiger partial charge in [-0.05, 0) is 19.8 Å². The predicted octanol–water partition coefficient (Wildman–Crippen LogP) is 1.55. The maximum Gasteiger partial charge on any atom is 0.0805 e. The van der Waals surface area contributed by atoms with Gasteiger partial charge in [-0.2, -0.15) is 0 Å². The summed E-state index contributed by atoms with van der Waals surface area (Å²) in [5.41, 5.74) is 0.123. The highest BCUT2D eigenvalue weighted by Gasteiger charge is 2.31. The summed E-state index contributed by atoms with van der Waals surface area (Å²) < 4.78 is 5.91. The van der Waals surface area contributed by atoms with E-state index in [-0.39, 0.29) is 5.60 Å². The summed E-state index contributed by atoms with van der Waals surface area (Å²) in [6, 6.07) is 0. The lowest BCUT2D eigenvalue weighted by atomic mass is 9.95. The zero-order chi connectivity index (χ0) is 8.32. The number of ether oxygens (including phenoxy) is 1. The highest BCUT2D eigenvalue weighted by molar-refractivity contribution is 4.85. The molecule has 1 rings (SSSR count). The van der Waals surface area contributed by atoms with E-state index in [1.54, 1.807) is 0 Å². The third-order valence-electron chi connectivity index (χ3n) is 2.62. The van der Waals surface area contributed by atoms with Gasteiger partial charge in [-0.25, -0.2) is 0 Å². The second-order valence-corrected chi connectivity index (χ2v) is 3.45. The van der Waals surface area contributed by atoms with Crippen LogP contribution in [0.25, 0.3) is 0 Å². The first-order valence-electron chi connectivity index (χ1n) is 4.61. The van der Waals surface area contributed by atoms with Gasteiger partial charge < -0.3 is 10.1 Å². The van der Waals surface area contributed by atoms with Crippen molar-refractivity contribution >= 4 is 0 Å². The summed E-state index contributed by atoms with van der Waals surface area (Å²) in [7, 11) is 0. The van der Waals surface area contributed by atoms with E-state index in [9.17, 15) is 0 Å². The monoisotopic (exact) mass is 157 g/mol. The highest BCUT2D eigenvalue weighted by Crippen LogP contribution is 2.23. The Balaban J connectivity index is 2.52. The topological polar surface area (TPSA) is 21.3 Å². The van der Waals surface area contributed by atoms with Crippen LogP contribution in [0.5, 0.6) is 0 Å². The average molecular weight is 157 g/mol. The molecule has 66 valence electrons. The van der Waals surface area contributed by atoms with Gasteiger partial charge in [-0.15, -0.1) is 0 Å². The van der Waals surface area contributed by atoms with Gasteiger partial charge in [-0.1, -0.05) is 13.8 Å². The van der Waals surface area contributed by atoms with E-state index in [0.29, 0.717) is 6.10 Å². The van der Waals surface area contributed by atoms with Gasteiger partial charge in [0, 0.05) is 13.1 Å². The molecule has 0 aromatic carbocycles. The third kappa shape index (κ3) is 1.94. The molecule has 0 aromatic heterocycles. The molecule has 2 nitrogen and oxygen atoms in total. The predicted molar refractivity (Wildman–Crippen MR) is 46.7 cm³/mol. The van der Waals surface area contributed by atoms with Crippen molar-refractivity contribution in [3.63, 3.8) is 0 Å². The molecule has 0 saturated carbocycles. The zero-order valence-electron chi connectivity index (χ0n) is 7.81. The first-order valence-corrected chi connectivity index (χ1v) is 4.61. The molecule has 0 aliphatic carbocycles. The Morgan fingerprint density at radius 3 is 2.45 bits per heavy atom. The van der Waals surface area contributed by atoms with Gasteiger partial charge in [0.2, 0.25) is 0 Å². The lowest BCUT2D eigenvalue weighted by molar-refractivity contribution is -0.112. The van der Waals surface area contributed by atoms with Crippen LogP contribution in [-0.2, 0) is 4.74 Å². The summed E-state index contributed by atoms with van der Waals surface area (Å²) in [6.45, 7) is 8.55. The number of morpholine rings is 1. The second kappa shape index (κ2) is 3.55. The van der Waals surface area contributed by atoms with E-state index in [2.05, 4.69) is 26.1 Å². The number of hydrogen-bond donors (Lipinski definition) is 1. The van der Waals surface area contributed by atoms with Crippen molar-refractivity contribution in [3.8, 4) is 0 Å². The van der Waals surface area contributed by atoms with Crippen molar-refractivity contribution < 1.29 is 4.74 Å². The van der Waals surface area contributed by atoms with Gasteiger partial charge >= 0.3 is 0 Å². The van der Waals surface area contributed by atoms with E-state index in [1.165, 1.54) is 0 Å². The first-order chi connectivity index (χ1) is 5.22. The summed E-state index contributed by atoms with van der Waals surface area (Å²) in [5.74, 6) is 0. The van der Waals surface area contributed by atoms with Crippen LogP contribution in [0.1, 0.15) is 33.6 Å². The van der Waals surface area contributed by atoms with Crippen LogP contribution in [0.4, 0.5) is 0 Å². The Morgan fingerprint density at radius 1 is 1.45 bits per heavy atom. The molecule has 0 amide bonds. The second-order valence-electron chi connectivity index (χ2n) is 3.45. The highest BCUT2D eigenvalue weighted by atomic mass is 16.5. The lowest BCUT2D eigenvalue weighted by Gasteiger charge is -2.39. The van der Waals surface area contributed by atoms with Gasteiger partial charge in [0.15, 0.2) is 0 Å². The van der Waals surface area contributed by atoms with E-state index in [1.807, 2.05) is 0 Å². The van der Waals surface area contributed by atoms with E-state index in [0.717, 1.165) is 25.9 Å². The van der Waals surface area contributed by atoms with Crippen LogP contribution in [0.3, 0.4) is 0 Å². The molecule has 2 heteroatoms. The fourth-order valence-corrected chi connectivity index (χ4v) is 1.68. The van der Waals surface area contributed by atoms with Crippen molar-refractivity contribution in [2.45, 2.75) is 45.3 Å². The fourth-order valence-electron chi connectivity index (χ4n) is 1.68. The molecular weight excluding hydrogens is 138 g/mol. The number of nitrogens with one attached hydrogen (secondary N) is 1. The molecule has 1 saturated heterocycles. The molecule has 0 radical (unpaired) electrons. The van der Waals surface area contributed by atoms with Crippen LogP contribution in [0, 0.1) is 0 Å². The summed E-state index contributed by atoms with van der Waals surface area (Å²) >= 11 is 0. The molecule has 1 fully saturated rings. The largest absolute Gasteiger partial charge is 0.369 e. The molecule has 1 N–H and O–H groups in total. The van der Waals surface area contributed by atoms with Crippen molar-refractivity contribution in [3.05, 3.63) is 0 Å². The molecule has 1 unspecified atom stereocenters. The van der Waals surface area contributed by atoms with Crippen molar-refractivity contribution in [1.29, 1.82) is 0 Å². The van der Waals surface area contributed by atoms with Crippen LogP contribution in [0.15, 0.2) is 0 Å². The van der Waals surface area contributed by atoms with Crippen molar-refractivity contribution in [1.82, 2.24) is 5.32 Å². The van der Waals surface area contributed by atoms with Crippen LogP contribution < -0.4 is 5.32 Å². The van der Waals surface area contributed by atoms with Gasteiger partial charge in [-0.3, -0.25) is 0 Å². The molecule has 0 aromatic rings. The standard InChI is InChI=1S/C9H19NO/c1-4-9(5-2)7-10-6-8(3)11-9/h8,10H,4-7H2,1-3H3. The first kappa shape index (κ1) is 9.01. The minimum absolute atomic E-state index is 0.123. The molecule has 1 aliphatic rings. The quantitative estimate of drug-likeness (QED) is 0.656. The Hall–Kier alpha value is -0.0800. The van der Waals surface area contributed by atoms with Crippen LogP contribution in [-0.4, -0.2) is 24.8 Å². The Bertz CT molecular complexity index is 121. The molecule has 1 atom stereocenters. The molecule has 0 bridgehead atoms. The number of hydrogen-bond acceptors (Lipinski definition) is 2. The van der Waals surface area contributed by atoms with Gasteiger partial charge in [0.25, 0.3) is 0 Å². The summed E-state index contributed by atoms with van der Waals surface area (Å²) in [6.07, 6.45) is 2.60. The third-order valence-corrected chi connectivity index (χ3v) is 2.62. The van der Waals surface area contributed by atoms with Crippen LogP contribution >= 0.6 is 0 Å². The smallest absolute Gasteiger partial charge is 0.0805 e. The molecule has 0 spiro atoms. The normalized spacial score (nSPS) is 30.3. The Kier molecular flexibility index (Phi) is 2.90. The molecule has 1 aliphatic heterocycles. The molecule has 1 heterocycles. The Labute approximate surface area is 69.3 Å². The minimum Gasteiger partial charge on any atom is -0.369 e. The maximum atomic E-state index is 5.91. The van der Waals surface area contributed by atoms with Crippen molar-refractivity contribution in [2.24, 2.45) is 0 Å². The Morgan fingerprint density at radius 2 is 2.09 bits per heavy atom. The maximum absolute atomic E-state index is 5.91. The summed E-state index contributed by atoms with van der Waals surface area (Å²) in [5, 5.41) is 3.40. The minimum atomic E-state index is 0.123. The van der Waals surface area contributed by atoms with Gasteiger partial charge in [0.05, 0.1) is 11.7 Å². The average Bonchev–Trinajstić information content (AvgIpc) is 2.04. The van der Waals surface area contributed by atoms with Gasteiger partial charge in [0.1, 0.15) is 0 Å². The fraction of sp³-hybridized carbons (Fsp3) is 1.00. The lowest BCUT2D eigenvalue weighted by Crippen LogP contribution is -2.52. The summed E-state index contributed by atoms with van der Waals surface area (Å²) in [4.78, 5) is 0. The zero-order valence-corrected chi connectivity index (χ0v) is 7.81. The van der Waals surface area contributed by atoms with E-state index in [4.69, 9.17) is 4.74 Å².